The summed E-state index contributed by atoms with van der Waals surface area (Å²) in [5.74, 6) is 4.98. The molecule has 0 saturated heterocycles. The average molecular weight is 320 g/mol. The molecule has 0 aliphatic carbocycles. The summed E-state index contributed by atoms with van der Waals surface area (Å²) in [5, 5.41) is 8.82. The number of aryl methyl sites for hydroxylation is 1. The minimum absolute atomic E-state index is 0.277. The maximum atomic E-state index is 13.4. The Kier molecular flexibility index (Phi) is 4.05. The van der Waals surface area contributed by atoms with Gasteiger partial charge >= 0.3 is 0 Å². The molecule has 3 rings (SSSR count). The molecule has 2 heterocycles. The molecule has 0 atom stereocenters. The van der Waals surface area contributed by atoms with Gasteiger partial charge in [0.1, 0.15) is 34.9 Å². The van der Waals surface area contributed by atoms with Crippen molar-refractivity contribution in [1.29, 1.82) is 5.26 Å². The van der Waals surface area contributed by atoms with E-state index in [1.54, 1.807) is 29.8 Å². The summed E-state index contributed by atoms with van der Waals surface area (Å²) in [6.07, 6.45) is 3.10. The number of hydrogen-bond donors (Lipinski definition) is 0. The fourth-order valence-corrected chi connectivity index (χ4v) is 2.18. The van der Waals surface area contributed by atoms with Crippen molar-refractivity contribution in [2.45, 2.75) is 6.92 Å². The smallest absolute Gasteiger partial charge is 0.141 e. The average Bonchev–Trinajstić information content (AvgIpc) is 2.93. The lowest BCUT2D eigenvalue weighted by atomic mass is 10.2. The molecule has 2 aromatic heterocycles. The molecule has 0 N–H and O–H groups in total. The largest absolute Gasteiger partial charge is 0.302 e. The topological polar surface area (TPSA) is 54.5 Å². The Labute approximate surface area is 137 Å². The Balaban J connectivity index is 1.95. The second kappa shape index (κ2) is 6.31. The number of hydrogen-bond acceptors (Lipinski definition) is 3. The normalized spacial score (nSPS) is 9.92. The zero-order valence-electron chi connectivity index (χ0n) is 12.6. The fraction of sp³-hybridized carbons (Fsp3) is 0.0556. The molecule has 116 valence electrons. The van der Waals surface area contributed by atoms with Gasteiger partial charge in [0.05, 0.1) is 5.69 Å². The van der Waals surface area contributed by atoms with E-state index < -0.39 is 11.6 Å². The number of pyridine rings is 1. The molecule has 0 bridgehead atoms. The van der Waals surface area contributed by atoms with Gasteiger partial charge in [0.25, 0.3) is 0 Å². The van der Waals surface area contributed by atoms with Gasteiger partial charge in [0.2, 0.25) is 0 Å². The van der Waals surface area contributed by atoms with Crippen LogP contribution in [0.1, 0.15) is 22.8 Å². The van der Waals surface area contributed by atoms with Gasteiger partial charge < -0.3 is 4.57 Å². The van der Waals surface area contributed by atoms with Crippen LogP contribution in [0, 0.1) is 41.7 Å². The third kappa shape index (κ3) is 3.29. The maximum absolute atomic E-state index is 13.4. The highest BCUT2D eigenvalue weighted by Gasteiger charge is 2.07. The Hall–Kier alpha value is -3.51. The number of rotatable bonds is 1. The van der Waals surface area contributed by atoms with Crippen molar-refractivity contribution in [2.75, 3.05) is 0 Å². The lowest BCUT2D eigenvalue weighted by Crippen LogP contribution is -1.97. The van der Waals surface area contributed by atoms with Gasteiger partial charge in [-0.05, 0) is 37.1 Å². The molecular formula is C18H10F2N4. The quantitative estimate of drug-likeness (QED) is 0.647. The Bertz CT molecular complexity index is 999. The summed E-state index contributed by atoms with van der Waals surface area (Å²) < 4.78 is 28.3. The molecule has 6 heteroatoms. The third-order valence-electron chi connectivity index (χ3n) is 3.22. The van der Waals surface area contributed by atoms with Crippen LogP contribution in [0.2, 0.25) is 0 Å². The number of nitriles is 1. The molecule has 0 fully saturated rings. The van der Waals surface area contributed by atoms with Crippen LogP contribution in [0.4, 0.5) is 8.78 Å². The van der Waals surface area contributed by atoms with E-state index in [1.165, 1.54) is 18.3 Å². The van der Waals surface area contributed by atoms with Crippen LogP contribution in [0.3, 0.4) is 0 Å². The lowest BCUT2D eigenvalue weighted by molar-refractivity contribution is 0.581. The van der Waals surface area contributed by atoms with Crippen molar-refractivity contribution in [2.24, 2.45) is 0 Å². The van der Waals surface area contributed by atoms with Crippen LogP contribution >= 0.6 is 0 Å². The SMILES string of the molecule is Cc1nc(C#Cc2ccnc(C#N)c2)cn1-c1cc(F)cc(F)c1. The van der Waals surface area contributed by atoms with Crippen LogP contribution in [0.15, 0.2) is 42.7 Å². The number of nitrogens with zero attached hydrogens (tertiary/aromatic N) is 4. The van der Waals surface area contributed by atoms with Crippen LogP contribution < -0.4 is 0 Å². The molecule has 0 unspecified atom stereocenters. The maximum Gasteiger partial charge on any atom is 0.141 e. The van der Waals surface area contributed by atoms with Gasteiger partial charge in [-0.15, -0.1) is 0 Å². The second-order valence-corrected chi connectivity index (χ2v) is 4.96. The van der Waals surface area contributed by atoms with Gasteiger partial charge in [0.15, 0.2) is 0 Å². The minimum Gasteiger partial charge on any atom is -0.302 e. The monoisotopic (exact) mass is 320 g/mol. The minimum atomic E-state index is -0.661. The first-order valence-electron chi connectivity index (χ1n) is 6.96. The second-order valence-electron chi connectivity index (χ2n) is 4.96. The molecule has 1 aromatic carbocycles. The highest BCUT2D eigenvalue weighted by molar-refractivity contribution is 5.43. The molecule has 0 spiro atoms. The van der Waals surface area contributed by atoms with Gasteiger partial charge in [-0.25, -0.2) is 18.7 Å². The predicted octanol–water partition coefficient (Wildman–Crippen LogP) is 3.13. The molecule has 0 aliphatic heterocycles. The van der Waals surface area contributed by atoms with E-state index >= 15 is 0 Å². The van der Waals surface area contributed by atoms with Crippen molar-refractivity contribution in [3.8, 4) is 23.6 Å². The molecule has 3 aromatic rings. The summed E-state index contributed by atoms with van der Waals surface area (Å²) in [4.78, 5) is 8.14. The van der Waals surface area contributed by atoms with E-state index in [1.807, 2.05) is 6.07 Å². The number of aromatic nitrogens is 3. The Morgan fingerprint density at radius 1 is 1.04 bits per heavy atom. The van der Waals surface area contributed by atoms with Crippen LogP contribution in [0.5, 0.6) is 0 Å². The number of imidazole rings is 1. The first-order valence-corrected chi connectivity index (χ1v) is 6.96. The molecule has 0 amide bonds. The molecule has 0 saturated carbocycles. The van der Waals surface area contributed by atoms with Crippen molar-refractivity contribution < 1.29 is 8.78 Å². The van der Waals surface area contributed by atoms with Crippen molar-refractivity contribution >= 4 is 0 Å². The first-order chi connectivity index (χ1) is 11.5. The molecule has 4 nitrogen and oxygen atoms in total. The highest BCUT2D eigenvalue weighted by Crippen LogP contribution is 2.15. The zero-order valence-corrected chi connectivity index (χ0v) is 12.6. The number of halogens is 2. The van der Waals surface area contributed by atoms with Crippen molar-refractivity contribution in [1.82, 2.24) is 14.5 Å². The molecular weight excluding hydrogens is 310 g/mol. The van der Waals surface area contributed by atoms with E-state index in [0.29, 0.717) is 22.8 Å². The lowest BCUT2D eigenvalue weighted by Gasteiger charge is -2.04. The Morgan fingerprint density at radius 2 is 1.79 bits per heavy atom. The third-order valence-corrected chi connectivity index (χ3v) is 3.22. The summed E-state index contributed by atoms with van der Waals surface area (Å²) in [7, 11) is 0. The van der Waals surface area contributed by atoms with Crippen molar-refractivity contribution in [3.63, 3.8) is 0 Å². The van der Waals surface area contributed by atoms with Crippen molar-refractivity contribution in [3.05, 3.63) is 77.1 Å². The van der Waals surface area contributed by atoms with E-state index in [2.05, 4.69) is 21.8 Å². The highest BCUT2D eigenvalue weighted by atomic mass is 19.1. The van der Waals surface area contributed by atoms with E-state index in [4.69, 9.17) is 5.26 Å². The van der Waals surface area contributed by atoms with Gasteiger partial charge in [-0.3, -0.25) is 0 Å². The van der Waals surface area contributed by atoms with Gasteiger partial charge in [-0.2, -0.15) is 5.26 Å². The fourth-order valence-electron chi connectivity index (χ4n) is 2.18. The summed E-state index contributed by atoms with van der Waals surface area (Å²) in [6, 6.07) is 8.44. The van der Waals surface area contributed by atoms with E-state index in [0.717, 1.165) is 6.07 Å². The van der Waals surface area contributed by atoms with E-state index in [9.17, 15) is 8.78 Å². The summed E-state index contributed by atoms with van der Waals surface area (Å²) in [6.45, 7) is 1.72. The molecule has 0 radical (unpaired) electrons. The number of benzene rings is 1. The summed E-state index contributed by atoms with van der Waals surface area (Å²) in [5.41, 5.74) is 1.69. The Morgan fingerprint density at radius 3 is 2.50 bits per heavy atom. The summed E-state index contributed by atoms with van der Waals surface area (Å²) >= 11 is 0. The van der Waals surface area contributed by atoms with Crippen LogP contribution in [-0.2, 0) is 0 Å². The zero-order chi connectivity index (χ0) is 17.1. The predicted molar refractivity (Wildman–Crippen MR) is 83.1 cm³/mol. The van der Waals surface area contributed by atoms with E-state index in [-0.39, 0.29) is 5.69 Å². The molecule has 24 heavy (non-hydrogen) atoms. The van der Waals surface area contributed by atoms with Gasteiger partial charge in [0, 0.05) is 24.0 Å². The molecule has 0 aliphatic rings. The first kappa shape index (κ1) is 15.4. The van der Waals surface area contributed by atoms with Crippen LogP contribution in [0.25, 0.3) is 5.69 Å². The van der Waals surface area contributed by atoms with Crippen LogP contribution in [-0.4, -0.2) is 14.5 Å². The van der Waals surface area contributed by atoms with Gasteiger partial charge in [-0.1, -0.05) is 5.92 Å². The standard InChI is InChI=1S/C18H10F2N4/c1-12-23-16(3-2-13-4-5-22-17(6-13)10-21)11-24(12)18-8-14(19)7-15(20)9-18/h4-9,11H,1H3.